The van der Waals surface area contributed by atoms with Crippen LogP contribution >= 0.6 is 0 Å². The van der Waals surface area contributed by atoms with Gasteiger partial charge >= 0.3 is 0 Å². The standard InChI is InChI=1S/C18H28N2O/c1-3-21-18-5-4-15(10-13(18)2)16(11-19)17-12-20-8-6-14(17)7-9-20/h4-5,10,14,16-17H,3,6-9,11-12,19H2,1-2H3. The lowest BCUT2D eigenvalue weighted by Gasteiger charge is -2.47. The molecule has 3 heteroatoms. The minimum absolute atomic E-state index is 0.493. The van der Waals surface area contributed by atoms with Crippen molar-refractivity contribution in [2.75, 3.05) is 32.8 Å². The minimum atomic E-state index is 0.493. The summed E-state index contributed by atoms with van der Waals surface area (Å²) in [5.74, 6) is 3.10. The molecule has 0 aliphatic carbocycles. The van der Waals surface area contributed by atoms with Crippen LogP contribution in [0, 0.1) is 18.8 Å². The van der Waals surface area contributed by atoms with Gasteiger partial charge in [-0.15, -0.1) is 0 Å². The van der Waals surface area contributed by atoms with Gasteiger partial charge in [-0.3, -0.25) is 0 Å². The van der Waals surface area contributed by atoms with E-state index in [0.717, 1.165) is 30.7 Å². The maximum absolute atomic E-state index is 6.16. The third-order valence-electron chi connectivity index (χ3n) is 5.40. The number of piperidine rings is 3. The molecule has 2 unspecified atom stereocenters. The summed E-state index contributed by atoms with van der Waals surface area (Å²) in [6.07, 6.45) is 2.72. The zero-order valence-corrected chi connectivity index (χ0v) is 13.3. The molecular formula is C18H28N2O. The zero-order valence-electron chi connectivity index (χ0n) is 13.3. The topological polar surface area (TPSA) is 38.5 Å². The van der Waals surface area contributed by atoms with Crippen LogP contribution in [0.15, 0.2) is 18.2 Å². The van der Waals surface area contributed by atoms with E-state index in [-0.39, 0.29) is 0 Å². The van der Waals surface area contributed by atoms with E-state index in [0.29, 0.717) is 5.92 Å². The Labute approximate surface area is 128 Å². The van der Waals surface area contributed by atoms with Gasteiger partial charge in [0.1, 0.15) is 5.75 Å². The van der Waals surface area contributed by atoms with Crippen LogP contribution < -0.4 is 10.5 Å². The molecule has 3 heterocycles. The molecule has 3 saturated heterocycles. The molecule has 0 radical (unpaired) electrons. The van der Waals surface area contributed by atoms with E-state index >= 15 is 0 Å². The van der Waals surface area contributed by atoms with Crippen molar-refractivity contribution in [1.82, 2.24) is 4.90 Å². The lowest BCUT2D eigenvalue weighted by Crippen LogP contribution is -2.50. The summed E-state index contributed by atoms with van der Waals surface area (Å²) in [4.78, 5) is 2.62. The van der Waals surface area contributed by atoms with E-state index in [1.807, 2.05) is 6.92 Å². The van der Waals surface area contributed by atoms with Gasteiger partial charge in [0, 0.05) is 12.5 Å². The van der Waals surface area contributed by atoms with Gasteiger partial charge in [0.05, 0.1) is 6.61 Å². The molecule has 0 spiro atoms. The first kappa shape index (κ1) is 14.9. The highest BCUT2D eigenvalue weighted by atomic mass is 16.5. The van der Waals surface area contributed by atoms with Gasteiger partial charge in [-0.05, 0) is 75.4 Å². The van der Waals surface area contributed by atoms with Crippen LogP contribution in [-0.2, 0) is 0 Å². The summed E-state index contributed by atoms with van der Waals surface area (Å²) in [5.41, 5.74) is 8.80. The Hall–Kier alpha value is -1.06. The predicted molar refractivity (Wildman–Crippen MR) is 86.8 cm³/mol. The molecule has 3 aliphatic rings. The van der Waals surface area contributed by atoms with Crippen LogP contribution in [-0.4, -0.2) is 37.7 Å². The highest BCUT2D eigenvalue weighted by Crippen LogP contribution is 2.41. The first-order valence-electron chi connectivity index (χ1n) is 8.38. The van der Waals surface area contributed by atoms with Gasteiger partial charge in [-0.1, -0.05) is 12.1 Å². The average Bonchev–Trinajstić information content (AvgIpc) is 2.52. The van der Waals surface area contributed by atoms with Crippen molar-refractivity contribution in [3.8, 4) is 5.75 Å². The molecule has 116 valence electrons. The Morgan fingerprint density at radius 2 is 2.10 bits per heavy atom. The third-order valence-corrected chi connectivity index (χ3v) is 5.40. The number of rotatable bonds is 5. The fourth-order valence-corrected chi connectivity index (χ4v) is 4.25. The maximum atomic E-state index is 6.16. The van der Waals surface area contributed by atoms with Gasteiger partial charge in [0.25, 0.3) is 0 Å². The smallest absolute Gasteiger partial charge is 0.122 e. The summed E-state index contributed by atoms with van der Waals surface area (Å²) < 4.78 is 5.66. The van der Waals surface area contributed by atoms with Crippen LogP contribution in [0.4, 0.5) is 0 Å². The fraction of sp³-hybridized carbons (Fsp3) is 0.667. The van der Waals surface area contributed by atoms with E-state index in [1.165, 1.54) is 43.6 Å². The first-order chi connectivity index (χ1) is 10.2. The molecule has 21 heavy (non-hydrogen) atoms. The molecule has 2 atom stereocenters. The molecule has 0 aromatic heterocycles. The van der Waals surface area contributed by atoms with Crippen molar-refractivity contribution in [2.45, 2.75) is 32.6 Å². The highest BCUT2D eigenvalue weighted by molar-refractivity contribution is 5.38. The van der Waals surface area contributed by atoms with E-state index in [1.54, 1.807) is 0 Å². The largest absolute Gasteiger partial charge is 0.494 e. The van der Waals surface area contributed by atoms with Crippen molar-refractivity contribution >= 4 is 0 Å². The summed E-state index contributed by atoms with van der Waals surface area (Å²) >= 11 is 0. The van der Waals surface area contributed by atoms with E-state index < -0.39 is 0 Å². The normalized spacial score (nSPS) is 29.4. The second-order valence-electron chi connectivity index (χ2n) is 6.60. The summed E-state index contributed by atoms with van der Waals surface area (Å²) in [5, 5.41) is 0. The maximum Gasteiger partial charge on any atom is 0.122 e. The second kappa shape index (κ2) is 6.37. The van der Waals surface area contributed by atoms with Crippen LogP contribution in [0.1, 0.15) is 36.8 Å². The van der Waals surface area contributed by atoms with E-state index in [2.05, 4.69) is 30.0 Å². The molecule has 1 aromatic carbocycles. The predicted octanol–water partition coefficient (Wildman–Crippen LogP) is 2.78. The number of aryl methyl sites for hydroxylation is 1. The van der Waals surface area contributed by atoms with Crippen LogP contribution in [0.5, 0.6) is 5.75 Å². The number of nitrogens with zero attached hydrogens (tertiary/aromatic N) is 1. The molecule has 3 aliphatic heterocycles. The van der Waals surface area contributed by atoms with Gasteiger partial charge in [0.2, 0.25) is 0 Å². The van der Waals surface area contributed by atoms with Crippen LogP contribution in [0.25, 0.3) is 0 Å². The third kappa shape index (κ3) is 2.95. The minimum Gasteiger partial charge on any atom is -0.494 e. The Morgan fingerprint density at radius 3 is 2.62 bits per heavy atom. The van der Waals surface area contributed by atoms with Gasteiger partial charge < -0.3 is 15.4 Å². The molecule has 2 N–H and O–H groups in total. The Bertz CT molecular complexity index is 480. The molecule has 3 nitrogen and oxygen atoms in total. The summed E-state index contributed by atoms with van der Waals surface area (Å²) in [7, 11) is 0. The first-order valence-corrected chi connectivity index (χ1v) is 8.38. The quantitative estimate of drug-likeness (QED) is 0.905. The van der Waals surface area contributed by atoms with Crippen LogP contribution in [0.3, 0.4) is 0 Å². The zero-order chi connectivity index (χ0) is 14.8. The van der Waals surface area contributed by atoms with Crippen molar-refractivity contribution in [3.63, 3.8) is 0 Å². The lowest BCUT2D eigenvalue weighted by molar-refractivity contribution is 0.0378. The highest BCUT2D eigenvalue weighted by Gasteiger charge is 2.38. The Kier molecular flexibility index (Phi) is 4.51. The van der Waals surface area contributed by atoms with E-state index in [4.69, 9.17) is 10.5 Å². The summed E-state index contributed by atoms with van der Waals surface area (Å²) in [6, 6.07) is 6.64. The molecule has 1 aromatic rings. The number of hydrogen-bond acceptors (Lipinski definition) is 3. The molecule has 3 fully saturated rings. The van der Waals surface area contributed by atoms with Gasteiger partial charge in [-0.25, -0.2) is 0 Å². The monoisotopic (exact) mass is 288 g/mol. The van der Waals surface area contributed by atoms with Crippen molar-refractivity contribution < 1.29 is 4.74 Å². The van der Waals surface area contributed by atoms with Gasteiger partial charge in [0.15, 0.2) is 0 Å². The number of benzene rings is 1. The number of ether oxygens (including phenoxy) is 1. The van der Waals surface area contributed by atoms with Gasteiger partial charge in [-0.2, -0.15) is 0 Å². The van der Waals surface area contributed by atoms with Crippen LogP contribution in [0.2, 0.25) is 0 Å². The molecule has 0 amide bonds. The number of fused-ring (bicyclic) bond motifs is 3. The number of nitrogens with two attached hydrogens (primary N) is 1. The van der Waals surface area contributed by atoms with Crippen molar-refractivity contribution in [2.24, 2.45) is 17.6 Å². The SMILES string of the molecule is CCOc1ccc(C(CN)C2CN3CCC2CC3)cc1C. The van der Waals surface area contributed by atoms with E-state index in [9.17, 15) is 0 Å². The molecule has 4 rings (SSSR count). The molecule has 2 bridgehead atoms. The average molecular weight is 288 g/mol. The van der Waals surface area contributed by atoms with Crippen molar-refractivity contribution in [3.05, 3.63) is 29.3 Å². The summed E-state index contributed by atoms with van der Waals surface area (Å²) in [6.45, 7) is 9.46. The molecular weight excluding hydrogens is 260 g/mol. The van der Waals surface area contributed by atoms with Crippen molar-refractivity contribution in [1.29, 1.82) is 0 Å². The number of hydrogen-bond donors (Lipinski definition) is 1. The fourth-order valence-electron chi connectivity index (χ4n) is 4.25. The Balaban J connectivity index is 1.81. The Morgan fingerprint density at radius 1 is 1.33 bits per heavy atom. The molecule has 0 saturated carbocycles. The second-order valence-corrected chi connectivity index (χ2v) is 6.60. The lowest BCUT2D eigenvalue weighted by atomic mass is 9.70.